The third-order valence-corrected chi connectivity index (χ3v) is 5.31. The van der Waals surface area contributed by atoms with E-state index in [9.17, 15) is 4.79 Å². The maximum atomic E-state index is 12.3. The van der Waals surface area contributed by atoms with Crippen molar-refractivity contribution in [3.63, 3.8) is 0 Å². The minimum Gasteiger partial charge on any atom is -0.462 e. The van der Waals surface area contributed by atoms with Crippen molar-refractivity contribution in [3.05, 3.63) is 34.9 Å². The van der Waals surface area contributed by atoms with Gasteiger partial charge < -0.3 is 9.64 Å². The average molecular weight is 308 g/mol. The van der Waals surface area contributed by atoms with Crippen LogP contribution in [-0.2, 0) is 9.53 Å². The first-order chi connectivity index (χ1) is 10.0. The molecule has 4 atom stereocenters. The summed E-state index contributed by atoms with van der Waals surface area (Å²) in [5.74, 6) is -0.356. The Morgan fingerprint density at radius 2 is 1.81 bits per heavy atom. The number of carbonyl (C=O) groups excluding carboxylic acids is 1. The molecule has 114 valence electrons. The van der Waals surface area contributed by atoms with E-state index in [4.69, 9.17) is 16.3 Å². The van der Waals surface area contributed by atoms with Crippen molar-refractivity contribution in [2.45, 2.75) is 56.7 Å². The molecule has 3 rings (SSSR count). The number of benzene rings is 1. The molecule has 1 aromatic rings. The second-order valence-electron chi connectivity index (χ2n) is 6.35. The number of hydrogen-bond donors (Lipinski definition) is 0. The molecule has 2 saturated heterocycles. The lowest BCUT2D eigenvalue weighted by Crippen LogP contribution is -2.43. The molecule has 2 fully saturated rings. The number of ether oxygens (including phenoxy) is 1. The van der Waals surface area contributed by atoms with Gasteiger partial charge in [-0.15, -0.1) is 0 Å². The summed E-state index contributed by atoms with van der Waals surface area (Å²) < 4.78 is 5.77. The summed E-state index contributed by atoms with van der Waals surface area (Å²) in [4.78, 5) is 14.8. The van der Waals surface area contributed by atoms with Crippen molar-refractivity contribution in [1.82, 2.24) is 4.90 Å². The Bertz CT molecular complexity index is 502. The minimum atomic E-state index is -0.237. The molecular weight excluding hydrogens is 286 g/mol. The molecule has 2 aliphatic rings. The van der Waals surface area contributed by atoms with Crippen LogP contribution in [0.5, 0.6) is 0 Å². The molecule has 2 heterocycles. The summed E-state index contributed by atoms with van der Waals surface area (Å²) in [5, 5.41) is 0.686. The first-order valence-electron chi connectivity index (χ1n) is 7.72. The van der Waals surface area contributed by atoms with E-state index >= 15 is 0 Å². The van der Waals surface area contributed by atoms with E-state index < -0.39 is 0 Å². The van der Waals surface area contributed by atoms with Crippen LogP contribution >= 0.6 is 11.6 Å². The second kappa shape index (κ2) is 5.98. The third-order valence-electron chi connectivity index (χ3n) is 5.06. The Morgan fingerprint density at radius 1 is 1.24 bits per heavy atom. The molecule has 0 N–H and O–H groups in total. The maximum absolute atomic E-state index is 12.3. The second-order valence-corrected chi connectivity index (χ2v) is 6.79. The monoisotopic (exact) mass is 307 g/mol. The molecule has 0 radical (unpaired) electrons. The Morgan fingerprint density at radius 3 is 2.38 bits per heavy atom. The largest absolute Gasteiger partial charge is 0.462 e. The van der Waals surface area contributed by atoms with Crippen LogP contribution < -0.4 is 0 Å². The highest BCUT2D eigenvalue weighted by molar-refractivity contribution is 6.30. The van der Waals surface area contributed by atoms with E-state index in [-0.39, 0.29) is 18.0 Å². The zero-order chi connectivity index (χ0) is 15.0. The van der Waals surface area contributed by atoms with E-state index in [0.717, 1.165) is 18.4 Å². The van der Waals surface area contributed by atoms with Gasteiger partial charge in [-0.3, -0.25) is 4.79 Å². The molecule has 0 spiro atoms. The molecule has 2 bridgehead atoms. The summed E-state index contributed by atoms with van der Waals surface area (Å²) in [6.45, 7) is 1.90. The number of esters is 1. The van der Waals surface area contributed by atoms with E-state index in [1.165, 1.54) is 12.8 Å². The van der Waals surface area contributed by atoms with Gasteiger partial charge in [0.15, 0.2) is 0 Å². The number of halogens is 1. The zero-order valence-corrected chi connectivity index (χ0v) is 13.3. The zero-order valence-electron chi connectivity index (χ0n) is 12.6. The fraction of sp³-hybridized carbons (Fsp3) is 0.588. The molecule has 0 saturated carbocycles. The van der Waals surface area contributed by atoms with Crippen molar-refractivity contribution in [1.29, 1.82) is 0 Å². The van der Waals surface area contributed by atoms with Gasteiger partial charge >= 0.3 is 5.97 Å². The molecule has 3 nitrogen and oxygen atoms in total. The highest BCUT2D eigenvalue weighted by Crippen LogP contribution is 2.36. The van der Waals surface area contributed by atoms with Crippen molar-refractivity contribution < 1.29 is 9.53 Å². The normalized spacial score (nSPS) is 30.1. The lowest BCUT2D eigenvalue weighted by Gasteiger charge is -2.36. The predicted octanol–water partition coefficient (Wildman–Crippen LogP) is 3.61. The van der Waals surface area contributed by atoms with Crippen LogP contribution in [0, 0.1) is 0 Å². The van der Waals surface area contributed by atoms with E-state index in [0.29, 0.717) is 17.1 Å². The van der Waals surface area contributed by atoms with Crippen molar-refractivity contribution in [2.24, 2.45) is 0 Å². The van der Waals surface area contributed by atoms with E-state index in [1.807, 2.05) is 31.2 Å². The van der Waals surface area contributed by atoms with Crippen LogP contribution in [0.1, 0.15) is 44.1 Å². The molecule has 4 heteroatoms. The molecule has 0 amide bonds. The van der Waals surface area contributed by atoms with Gasteiger partial charge in [-0.2, -0.15) is 0 Å². The molecule has 0 aliphatic carbocycles. The van der Waals surface area contributed by atoms with E-state index in [2.05, 4.69) is 11.9 Å². The third kappa shape index (κ3) is 3.09. The highest BCUT2D eigenvalue weighted by atomic mass is 35.5. The molecule has 2 aliphatic heterocycles. The fourth-order valence-corrected chi connectivity index (χ4v) is 3.74. The molecule has 1 aromatic carbocycles. The molecule has 0 aromatic heterocycles. The number of rotatable bonds is 3. The van der Waals surface area contributed by atoms with Crippen LogP contribution in [0.2, 0.25) is 5.02 Å². The smallest absolute Gasteiger partial charge is 0.313 e. The lowest BCUT2D eigenvalue weighted by molar-refractivity contribution is -0.153. The Hall–Kier alpha value is -1.06. The number of hydrogen-bond acceptors (Lipinski definition) is 3. The Labute approximate surface area is 131 Å². The number of nitrogens with zero attached hydrogens (tertiary/aromatic N) is 1. The van der Waals surface area contributed by atoms with Gasteiger partial charge in [-0.05, 0) is 57.4 Å². The summed E-state index contributed by atoms with van der Waals surface area (Å²) in [6, 6.07) is 8.60. The van der Waals surface area contributed by atoms with Crippen LogP contribution in [-0.4, -0.2) is 36.1 Å². The van der Waals surface area contributed by atoms with Crippen molar-refractivity contribution in [3.8, 4) is 0 Å². The topological polar surface area (TPSA) is 29.5 Å². The van der Waals surface area contributed by atoms with Gasteiger partial charge in [0.25, 0.3) is 0 Å². The summed E-state index contributed by atoms with van der Waals surface area (Å²) in [5.41, 5.74) is 0.959. The van der Waals surface area contributed by atoms with Crippen LogP contribution in [0.3, 0.4) is 0 Å². The standard InChI is InChI=1S/C17H22ClNO2/c1-11(12-3-5-13(18)6-4-12)17(20)21-16-9-14-7-8-15(10-16)19(14)2/h3-6,11,14-16H,7-10H2,1-2H3/t11?,14-,15+,16?. The highest BCUT2D eigenvalue weighted by Gasteiger charge is 2.40. The first-order valence-corrected chi connectivity index (χ1v) is 8.10. The summed E-state index contributed by atoms with van der Waals surface area (Å²) >= 11 is 5.88. The lowest BCUT2D eigenvalue weighted by atomic mass is 9.99. The molecule has 21 heavy (non-hydrogen) atoms. The summed E-state index contributed by atoms with van der Waals surface area (Å²) in [6.07, 6.45) is 4.52. The number of piperidine rings is 1. The van der Waals surface area contributed by atoms with Gasteiger partial charge in [0.2, 0.25) is 0 Å². The SMILES string of the molecule is CC(C(=O)OC1C[C@H]2CC[C@@H](C1)N2C)c1ccc(Cl)cc1. The first kappa shape index (κ1) is 14.9. The van der Waals surface area contributed by atoms with Crippen LogP contribution in [0.4, 0.5) is 0 Å². The van der Waals surface area contributed by atoms with Gasteiger partial charge in [0.05, 0.1) is 5.92 Å². The Balaban J connectivity index is 1.60. The predicted molar refractivity (Wildman–Crippen MR) is 83.6 cm³/mol. The van der Waals surface area contributed by atoms with Gasteiger partial charge in [-0.25, -0.2) is 0 Å². The average Bonchev–Trinajstić information content (AvgIpc) is 2.69. The minimum absolute atomic E-state index is 0.0842. The summed E-state index contributed by atoms with van der Waals surface area (Å²) in [7, 11) is 2.19. The van der Waals surface area contributed by atoms with Crippen molar-refractivity contribution >= 4 is 17.6 Å². The fourth-order valence-electron chi connectivity index (χ4n) is 3.61. The van der Waals surface area contributed by atoms with Gasteiger partial charge in [0.1, 0.15) is 6.10 Å². The van der Waals surface area contributed by atoms with Crippen LogP contribution in [0.15, 0.2) is 24.3 Å². The van der Waals surface area contributed by atoms with Crippen LogP contribution in [0.25, 0.3) is 0 Å². The van der Waals surface area contributed by atoms with E-state index in [1.54, 1.807) is 0 Å². The number of carbonyl (C=O) groups is 1. The quantitative estimate of drug-likeness (QED) is 0.799. The molecule has 2 unspecified atom stereocenters. The Kier molecular flexibility index (Phi) is 4.23. The van der Waals surface area contributed by atoms with Gasteiger partial charge in [0, 0.05) is 17.1 Å². The molecular formula is C17H22ClNO2. The van der Waals surface area contributed by atoms with Crippen molar-refractivity contribution in [2.75, 3.05) is 7.05 Å². The van der Waals surface area contributed by atoms with Gasteiger partial charge in [-0.1, -0.05) is 23.7 Å². The number of fused-ring (bicyclic) bond motifs is 2. The maximum Gasteiger partial charge on any atom is 0.313 e.